The fourth-order valence-corrected chi connectivity index (χ4v) is 1.51. The zero-order chi connectivity index (χ0) is 14.2. The standard InChI is InChI=1S/C9H14O8S.2Na.2H/c1-3-5-15-9(11)7(18(12,13)14)6-8(10)17-16-4-2;;;;/h3,7H,1,4-6H2,2H3,(H,12,13,14);;;;/q;2*+1;2*-1. The van der Waals surface area contributed by atoms with Gasteiger partial charge in [-0.25, -0.2) is 4.79 Å². The minimum atomic E-state index is -4.78. The summed E-state index contributed by atoms with van der Waals surface area (Å²) in [6.45, 7) is 4.60. The molecule has 0 saturated carbocycles. The predicted molar refractivity (Wildman–Crippen MR) is 61.1 cm³/mol. The van der Waals surface area contributed by atoms with Crippen LogP contribution in [-0.2, 0) is 34.2 Å². The van der Waals surface area contributed by atoms with E-state index < -0.39 is 33.7 Å². The van der Waals surface area contributed by atoms with Gasteiger partial charge in [-0.2, -0.15) is 13.3 Å². The van der Waals surface area contributed by atoms with Crippen LogP contribution in [0, 0.1) is 0 Å². The minimum absolute atomic E-state index is 0. The molecular formula is C9H16Na2O8S. The van der Waals surface area contributed by atoms with Gasteiger partial charge in [0.05, 0.1) is 13.0 Å². The summed E-state index contributed by atoms with van der Waals surface area (Å²) < 4.78 is 35.1. The molecular weight excluding hydrogens is 314 g/mol. The van der Waals surface area contributed by atoms with E-state index >= 15 is 0 Å². The molecule has 11 heteroatoms. The topological polar surface area (TPSA) is 116 Å². The Hall–Kier alpha value is 0.550. The van der Waals surface area contributed by atoms with Crippen LogP contribution in [0.5, 0.6) is 0 Å². The Morgan fingerprint density at radius 3 is 2.35 bits per heavy atom. The third-order valence-electron chi connectivity index (χ3n) is 1.59. The molecule has 1 unspecified atom stereocenters. The molecule has 108 valence electrons. The van der Waals surface area contributed by atoms with Crippen LogP contribution in [0.4, 0.5) is 0 Å². The molecule has 0 aromatic carbocycles. The summed E-state index contributed by atoms with van der Waals surface area (Å²) in [5.41, 5.74) is 0. The second kappa shape index (κ2) is 13.2. The van der Waals surface area contributed by atoms with Gasteiger partial charge in [0.25, 0.3) is 10.1 Å². The van der Waals surface area contributed by atoms with Crippen LogP contribution >= 0.6 is 0 Å². The van der Waals surface area contributed by atoms with E-state index in [9.17, 15) is 18.0 Å². The van der Waals surface area contributed by atoms with E-state index in [0.29, 0.717) is 0 Å². The molecule has 0 aliphatic rings. The molecule has 0 radical (unpaired) electrons. The van der Waals surface area contributed by atoms with Crippen LogP contribution in [0.1, 0.15) is 16.2 Å². The van der Waals surface area contributed by atoms with Gasteiger partial charge in [0.2, 0.25) is 0 Å². The first kappa shape index (κ1) is 25.5. The molecule has 20 heavy (non-hydrogen) atoms. The Balaban J connectivity index is -0.000000241. The Bertz CT molecular complexity index is 418. The molecule has 0 bridgehead atoms. The first-order valence-corrected chi connectivity index (χ1v) is 6.39. The molecule has 1 atom stereocenters. The number of carbonyl (C=O) groups is 2. The Kier molecular flexibility index (Phi) is 16.9. The van der Waals surface area contributed by atoms with Gasteiger partial charge in [0.1, 0.15) is 6.61 Å². The first-order valence-electron chi connectivity index (χ1n) is 4.89. The van der Waals surface area contributed by atoms with Gasteiger partial charge in [-0.1, -0.05) is 12.7 Å². The van der Waals surface area contributed by atoms with E-state index in [4.69, 9.17) is 4.55 Å². The van der Waals surface area contributed by atoms with Crippen LogP contribution in [0.3, 0.4) is 0 Å². The quantitative estimate of drug-likeness (QED) is 0.117. The van der Waals surface area contributed by atoms with Crippen LogP contribution in [0.25, 0.3) is 0 Å². The summed E-state index contributed by atoms with van der Waals surface area (Å²) in [5, 5.41) is -2.05. The van der Waals surface area contributed by atoms with Crippen molar-refractivity contribution in [1.82, 2.24) is 0 Å². The van der Waals surface area contributed by atoms with Crippen LogP contribution in [-0.4, -0.2) is 43.4 Å². The fraction of sp³-hybridized carbons (Fsp3) is 0.556. The maximum Gasteiger partial charge on any atom is 1.00 e. The molecule has 0 fully saturated rings. The van der Waals surface area contributed by atoms with Crippen molar-refractivity contribution in [3.05, 3.63) is 12.7 Å². The van der Waals surface area contributed by atoms with E-state index in [0.717, 1.165) is 0 Å². The summed E-state index contributed by atoms with van der Waals surface area (Å²) in [6, 6.07) is 0. The Morgan fingerprint density at radius 2 is 1.95 bits per heavy atom. The third kappa shape index (κ3) is 11.2. The second-order valence-corrected chi connectivity index (χ2v) is 4.59. The molecule has 8 nitrogen and oxygen atoms in total. The fourth-order valence-electron chi connectivity index (χ4n) is 0.854. The van der Waals surface area contributed by atoms with Crippen molar-refractivity contribution in [2.75, 3.05) is 13.2 Å². The molecule has 0 saturated heterocycles. The molecule has 0 amide bonds. The number of esters is 1. The normalized spacial score (nSPS) is 11.3. The van der Waals surface area contributed by atoms with Crippen molar-refractivity contribution < 1.29 is 99.0 Å². The largest absolute Gasteiger partial charge is 1.00 e. The van der Waals surface area contributed by atoms with Crippen molar-refractivity contribution in [2.24, 2.45) is 0 Å². The number of hydrogen-bond acceptors (Lipinski definition) is 7. The predicted octanol–water partition coefficient (Wildman–Crippen LogP) is -5.91. The van der Waals surface area contributed by atoms with Gasteiger partial charge in [-0.05, 0) is 6.92 Å². The molecule has 0 heterocycles. The summed E-state index contributed by atoms with van der Waals surface area (Å²) >= 11 is 0. The molecule has 0 spiro atoms. The smallest absolute Gasteiger partial charge is 1.00 e. The molecule has 0 aromatic rings. The second-order valence-electron chi connectivity index (χ2n) is 2.99. The molecule has 0 rings (SSSR count). The SMILES string of the molecule is C=CCOC(=O)C(CC(=O)OOCC)S(=O)(=O)O.[H-].[H-].[Na+].[Na+]. The number of carbonyl (C=O) groups excluding carboxylic acids is 2. The zero-order valence-corrected chi connectivity index (χ0v) is 16.5. The van der Waals surface area contributed by atoms with Crippen LogP contribution in [0.15, 0.2) is 12.7 Å². The Morgan fingerprint density at radius 1 is 1.40 bits per heavy atom. The van der Waals surface area contributed by atoms with Gasteiger partial charge < -0.3 is 7.59 Å². The van der Waals surface area contributed by atoms with E-state index in [1.54, 1.807) is 0 Å². The minimum Gasteiger partial charge on any atom is -1.00 e. The van der Waals surface area contributed by atoms with Gasteiger partial charge >= 0.3 is 71.1 Å². The number of ether oxygens (including phenoxy) is 1. The average Bonchev–Trinajstić information content (AvgIpc) is 2.28. The van der Waals surface area contributed by atoms with Crippen molar-refractivity contribution >= 4 is 22.1 Å². The van der Waals surface area contributed by atoms with E-state index in [1.165, 1.54) is 13.0 Å². The zero-order valence-electron chi connectivity index (χ0n) is 13.7. The molecule has 0 aliphatic heterocycles. The van der Waals surface area contributed by atoms with Crippen LogP contribution in [0.2, 0.25) is 0 Å². The van der Waals surface area contributed by atoms with Gasteiger partial charge in [-0.3, -0.25) is 14.2 Å². The maximum absolute atomic E-state index is 11.3. The molecule has 0 aromatic heterocycles. The summed E-state index contributed by atoms with van der Waals surface area (Å²) in [5.74, 6) is -2.39. The number of rotatable bonds is 8. The average molecular weight is 330 g/mol. The van der Waals surface area contributed by atoms with Gasteiger partial charge in [0, 0.05) is 0 Å². The summed E-state index contributed by atoms with van der Waals surface area (Å²) in [6.07, 6.45) is 0.298. The van der Waals surface area contributed by atoms with Crippen molar-refractivity contribution in [3.63, 3.8) is 0 Å². The van der Waals surface area contributed by atoms with E-state index in [1.807, 2.05) is 0 Å². The van der Waals surface area contributed by atoms with Crippen molar-refractivity contribution in [2.45, 2.75) is 18.6 Å². The van der Waals surface area contributed by atoms with Crippen LogP contribution < -0.4 is 59.1 Å². The number of hydrogen-bond donors (Lipinski definition) is 1. The molecule has 1 N–H and O–H groups in total. The van der Waals surface area contributed by atoms with Gasteiger partial charge in [0.15, 0.2) is 5.25 Å². The van der Waals surface area contributed by atoms with E-state index in [-0.39, 0.29) is 75.2 Å². The van der Waals surface area contributed by atoms with Crippen molar-refractivity contribution in [3.8, 4) is 0 Å². The van der Waals surface area contributed by atoms with Gasteiger partial charge in [-0.15, -0.1) is 0 Å². The van der Waals surface area contributed by atoms with Crippen molar-refractivity contribution in [1.29, 1.82) is 0 Å². The molecule has 0 aliphatic carbocycles. The third-order valence-corrected chi connectivity index (χ3v) is 2.67. The summed E-state index contributed by atoms with van der Waals surface area (Å²) in [7, 11) is -4.78. The maximum atomic E-state index is 11.3. The summed E-state index contributed by atoms with van der Waals surface area (Å²) in [4.78, 5) is 30.8. The first-order chi connectivity index (χ1) is 8.32. The van der Waals surface area contributed by atoms with E-state index in [2.05, 4.69) is 21.1 Å². The Labute approximate surface area is 164 Å². The monoisotopic (exact) mass is 330 g/mol.